The van der Waals surface area contributed by atoms with Crippen LogP contribution >= 0.6 is 28.6 Å². The molecule has 1 aliphatic rings. The van der Waals surface area contributed by atoms with Crippen LogP contribution in [0.2, 0.25) is 0 Å². The van der Waals surface area contributed by atoms with Gasteiger partial charge in [-0.05, 0) is 48.6 Å². The first-order valence-electron chi connectivity index (χ1n) is 9.99. The Labute approximate surface area is 192 Å². The minimum Gasteiger partial charge on any atom is -0.507 e. The molecule has 0 amide bonds. The van der Waals surface area contributed by atoms with E-state index in [1.54, 1.807) is 16.8 Å². The number of fused-ring (bicyclic) bond motifs is 1. The van der Waals surface area contributed by atoms with Crippen LogP contribution in [0.5, 0.6) is 11.5 Å². The Bertz CT molecular complexity index is 1400. The highest BCUT2D eigenvalue weighted by atomic mass is 35.9. The van der Waals surface area contributed by atoms with E-state index in [-0.39, 0.29) is 17.6 Å². The molecule has 0 saturated heterocycles. The average molecular weight is 490 g/mol. The zero-order valence-corrected chi connectivity index (χ0v) is 19.0. The highest BCUT2D eigenvalue weighted by Gasteiger charge is 2.37. The quantitative estimate of drug-likeness (QED) is 0.332. The first kappa shape index (κ1) is 21.1. The van der Waals surface area contributed by atoms with Gasteiger partial charge >= 0.3 is 6.07 Å². The highest BCUT2D eigenvalue weighted by Crippen LogP contribution is 2.57. The van der Waals surface area contributed by atoms with Gasteiger partial charge in [0.2, 0.25) is 0 Å². The molecule has 164 valence electrons. The number of H-pyrrole nitrogens is 1. The number of benzene rings is 2. The highest BCUT2D eigenvalue weighted by molar-refractivity contribution is 8.05. The third kappa shape index (κ3) is 3.92. The van der Waals surface area contributed by atoms with E-state index >= 15 is 0 Å². The lowest BCUT2D eigenvalue weighted by Gasteiger charge is -2.36. The van der Waals surface area contributed by atoms with Crippen molar-refractivity contribution >= 4 is 39.6 Å². The van der Waals surface area contributed by atoms with E-state index < -0.39 is 11.6 Å². The summed E-state index contributed by atoms with van der Waals surface area (Å²) in [6, 6.07) is 17.8. The maximum Gasteiger partial charge on any atom is 0.428 e. The van der Waals surface area contributed by atoms with Crippen molar-refractivity contribution in [3.8, 4) is 17.2 Å². The van der Waals surface area contributed by atoms with Crippen LogP contribution in [0.25, 0.3) is 16.7 Å². The maximum absolute atomic E-state index is 12.1. The molecule has 32 heavy (non-hydrogen) atoms. The number of nitrogens with one attached hydrogen (secondary N) is 1. The number of aromatic nitrogens is 3. The van der Waals surface area contributed by atoms with Crippen LogP contribution in [0.4, 0.5) is 0 Å². The molecule has 4 aromatic rings. The van der Waals surface area contributed by atoms with E-state index in [2.05, 4.69) is 4.98 Å². The largest absolute Gasteiger partial charge is 0.507 e. The number of nitrogens with zero attached hydrogens (tertiary/aromatic N) is 2. The second kappa shape index (κ2) is 8.00. The Morgan fingerprint density at radius 3 is 2.38 bits per heavy atom. The average Bonchev–Trinajstić information content (AvgIpc) is 3.07. The van der Waals surface area contributed by atoms with Gasteiger partial charge in [0.05, 0.1) is 16.8 Å². The first-order valence-corrected chi connectivity index (χ1v) is 13.4. The van der Waals surface area contributed by atoms with Crippen molar-refractivity contribution in [2.75, 3.05) is 0 Å². The van der Waals surface area contributed by atoms with Crippen LogP contribution < -0.4 is 10.1 Å². The molecule has 1 fully saturated rings. The van der Waals surface area contributed by atoms with E-state index in [1.165, 1.54) is 6.07 Å². The molecular formula is C22H18Cl2N3O4P. The van der Waals surface area contributed by atoms with Crippen LogP contribution in [-0.2, 0) is 4.57 Å². The lowest BCUT2D eigenvalue weighted by atomic mass is 9.68. The molecule has 0 aliphatic heterocycles. The third-order valence-electron chi connectivity index (χ3n) is 5.82. The zero-order valence-electron chi connectivity index (χ0n) is 16.6. The Hall–Kier alpha value is -2.73. The van der Waals surface area contributed by atoms with Gasteiger partial charge in [0.25, 0.3) is 5.56 Å². The predicted molar refractivity (Wildman–Crippen MR) is 124 cm³/mol. The lowest BCUT2D eigenvalue weighted by molar-refractivity contribution is 0.339. The van der Waals surface area contributed by atoms with Crippen LogP contribution in [0.1, 0.15) is 35.9 Å². The van der Waals surface area contributed by atoms with Crippen LogP contribution in [0.3, 0.4) is 0 Å². The number of halogens is 2. The van der Waals surface area contributed by atoms with Gasteiger partial charge in [-0.15, -0.1) is 0 Å². The summed E-state index contributed by atoms with van der Waals surface area (Å²) >= 11 is 11.0. The van der Waals surface area contributed by atoms with E-state index in [0.29, 0.717) is 16.8 Å². The predicted octanol–water partition coefficient (Wildman–Crippen LogP) is 6.05. The van der Waals surface area contributed by atoms with E-state index in [9.17, 15) is 14.5 Å². The number of aromatic hydroxyl groups is 1. The standard InChI is InChI=1S/C22H18Cl2N3O4P/c23-32(24,30)31-15-8-6-13(7-9-15)16-10-11-17(16)21-20-18(28)12-19(29)25-22(20)27(26-21)14-4-2-1-3-5-14/h1-9,12,16-17H,10-11H2,(H2,25,28,29). The molecule has 0 bridgehead atoms. The summed E-state index contributed by atoms with van der Waals surface area (Å²) in [4.78, 5) is 14.9. The van der Waals surface area contributed by atoms with Crippen molar-refractivity contribution in [3.05, 3.63) is 82.3 Å². The smallest absolute Gasteiger partial charge is 0.428 e. The molecule has 2 aromatic carbocycles. The molecule has 7 nitrogen and oxygen atoms in total. The van der Waals surface area contributed by atoms with Crippen molar-refractivity contribution in [2.45, 2.75) is 24.7 Å². The van der Waals surface area contributed by atoms with E-state index in [4.69, 9.17) is 32.1 Å². The molecule has 2 aromatic heterocycles. The van der Waals surface area contributed by atoms with Crippen LogP contribution in [0, 0.1) is 0 Å². The molecule has 2 atom stereocenters. The monoisotopic (exact) mass is 489 g/mol. The van der Waals surface area contributed by atoms with E-state index in [0.717, 1.165) is 29.8 Å². The maximum atomic E-state index is 12.1. The number of para-hydroxylation sites is 1. The molecule has 2 unspecified atom stereocenters. The second-order valence-corrected chi connectivity index (χ2v) is 11.9. The Kier molecular flexibility index (Phi) is 5.28. The first-order chi connectivity index (χ1) is 15.3. The molecule has 5 rings (SSSR count). The minimum atomic E-state index is -3.67. The van der Waals surface area contributed by atoms with Crippen molar-refractivity contribution < 1.29 is 14.2 Å². The van der Waals surface area contributed by atoms with Crippen molar-refractivity contribution in [3.63, 3.8) is 0 Å². The fraction of sp³-hybridized carbons (Fsp3) is 0.182. The Morgan fingerprint density at radius 2 is 1.75 bits per heavy atom. The minimum absolute atomic E-state index is 0.0539. The number of hydrogen-bond donors (Lipinski definition) is 2. The topological polar surface area (TPSA) is 97.2 Å². The summed E-state index contributed by atoms with van der Waals surface area (Å²) in [6.45, 7) is 0. The molecule has 1 saturated carbocycles. The second-order valence-electron chi connectivity index (χ2n) is 7.74. The third-order valence-corrected chi connectivity index (χ3v) is 6.66. The van der Waals surface area contributed by atoms with Gasteiger partial charge in [-0.3, -0.25) is 4.79 Å². The molecule has 10 heteroatoms. The van der Waals surface area contributed by atoms with Gasteiger partial charge in [0, 0.05) is 34.5 Å². The summed E-state index contributed by atoms with van der Waals surface area (Å²) in [7, 11) is 0. The van der Waals surface area contributed by atoms with Crippen molar-refractivity contribution in [1.29, 1.82) is 0 Å². The fourth-order valence-electron chi connectivity index (χ4n) is 4.29. The summed E-state index contributed by atoms with van der Waals surface area (Å²) in [5.41, 5.74) is 2.65. The molecule has 0 spiro atoms. The molecule has 1 aliphatic carbocycles. The number of hydrogen-bond acceptors (Lipinski definition) is 5. The Morgan fingerprint density at radius 1 is 1.06 bits per heavy atom. The van der Waals surface area contributed by atoms with Gasteiger partial charge in [-0.1, -0.05) is 30.3 Å². The van der Waals surface area contributed by atoms with Crippen molar-refractivity contribution in [1.82, 2.24) is 14.8 Å². The molecular weight excluding hydrogens is 472 g/mol. The molecule has 2 N–H and O–H groups in total. The SMILES string of the molecule is O=c1cc(O)c2c(C3CCC3c3ccc(OP(=O)(Cl)Cl)cc3)nn(-c3ccccc3)c2[nH]1. The van der Waals surface area contributed by atoms with Gasteiger partial charge in [0.1, 0.15) is 17.1 Å². The zero-order chi connectivity index (χ0) is 22.5. The molecule has 0 radical (unpaired) electrons. The van der Waals surface area contributed by atoms with Crippen molar-refractivity contribution in [2.24, 2.45) is 0 Å². The Balaban J connectivity index is 1.55. The van der Waals surface area contributed by atoms with Crippen LogP contribution in [0.15, 0.2) is 65.5 Å². The number of rotatable bonds is 5. The van der Waals surface area contributed by atoms with E-state index in [1.807, 2.05) is 42.5 Å². The van der Waals surface area contributed by atoms with Crippen LogP contribution in [-0.4, -0.2) is 19.9 Å². The van der Waals surface area contributed by atoms with Gasteiger partial charge < -0.3 is 14.6 Å². The summed E-state index contributed by atoms with van der Waals surface area (Å²) in [5, 5.41) is 16.0. The summed E-state index contributed by atoms with van der Waals surface area (Å²) < 4.78 is 18.2. The van der Waals surface area contributed by atoms with Gasteiger partial charge in [-0.2, -0.15) is 5.10 Å². The number of aromatic amines is 1. The number of pyridine rings is 1. The summed E-state index contributed by atoms with van der Waals surface area (Å²) in [5.74, 6) is 0.456. The summed E-state index contributed by atoms with van der Waals surface area (Å²) in [6.07, 6.45) is -1.84. The van der Waals surface area contributed by atoms with Gasteiger partial charge in [0.15, 0.2) is 0 Å². The lowest BCUT2D eigenvalue weighted by Crippen LogP contribution is -2.22. The molecule has 2 heterocycles. The normalized spacial score (nSPS) is 18.4. The fourth-order valence-corrected chi connectivity index (χ4v) is 5.14. The van der Waals surface area contributed by atoms with Gasteiger partial charge in [-0.25, -0.2) is 9.25 Å².